The van der Waals surface area contributed by atoms with Crippen molar-refractivity contribution in [3.05, 3.63) is 33.8 Å². The molecule has 1 aliphatic rings. The van der Waals surface area contributed by atoms with Crippen LogP contribution in [0.15, 0.2) is 18.2 Å². The second-order valence-corrected chi connectivity index (χ2v) is 6.12. The van der Waals surface area contributed by atoms with Crippen LogP contribution in [0.1, 0.15) is 12.5 Å². The van der Waals surface area contributed by atoms with Gasteiger partial charge in [-0.2, -0.15) is 0 Å². The maximum absolute atomic E-state index is 6.27. The summed E-state index contributed by atoms with van der Waals surface area (Å²) in [5.41, 5.74) is 1.07. The second-order valence-electron chi connectivity index (χ2n) is 5.28. The van der Waals surface area contributed by atoms with Crippen molar-refractivity contribution in [3.8, 4) is 0 Å². The van der Waals surface area contributed by atoms with Crippen molar-refractivity contribution in [3.63, 3.8) is 0 Å². The Bertz CT molecular complexity index is 442. The van der Waals surface area contributed by atoms with Crippen molar-refractivity contribution in [1.82, 2.24) is 10.2 Å². The molecule has 0 saturated carbocycles. The molecule has 112 valence electrons. The molecule has 2 rings (SSSR count). The van der Waals surface area contributed by atoms with Gasteiger partial charge in [0.05, 0.1) is 12.7 Å². The molecule has 0 aromatic heterocycles. The molecule has 1 fully saturated rings. The summed E-state index contributed by atoms with van der Waals surface area (Å²) in [6.45, 7) is 5.74. The lowest BCUT2D eigenvalue weighted by molar-refractivity contribution is -0.0381. The summed E-state index contributed by atoms with van der Waals surface area (Å²) in [5.74, 6) is 0. The first-order chi connectivity index (χ1) is 9.60. The first-order valence-corrected chi connectivity index (χ1v) is 7.83. The molecule has 0 bridgehead atoms. The normalized spacial score (nSPS) is 21.9. The van der Waals surface area contributed by atoms with Crippen LogP contribution in [0.5, 0.6) is 0 Å². The molecule has 0 aliphatic carbocycles. The minimum atomic E-state index is 0.184. The number of nitrogens with one attached hydrogen (secondary N) is 1. The number of rotatable bonds is 5. The number of nitrogens with zero attached hydrogens (tertiary/aromatic N) is 1. The predicted molar refractivity (Wildman–Crippen MR) is 84.9 cm³/mol. The third-order valence-electron chi connectivity index (χ3n) is 3.66. The fourth-order valence-electron chi connectivity index (χ4n) is 2.59. The molecule has 0 radical (unpaired) electrons. The lowest BCUT2D eigenvalue weighted by Crippen LogP contribution is -2.52. The Labute approximate surface area is 131 Å². The van der Waals surface area contributed by atoms with E-state index in [2.05, 4.69) is 24.2 Å². The number of benzene rings is 1. The standard InChI is InChI=1S/C15H22Cl2N2O/c1-3-18-14(15-10-19(2)6-7-20-15)9-11-8-12(16)4-5-13(11)17/h4-5,8,14-15,18H,3,6-7,9-10H2,1-2H3. The highest BCUT2D eigenvalue weighted by Crippen LogP contribution is 2.23. The van der Waals surface area contributed by atoms with E-state index >= 15 is 0 Å². The Kier molecular flexibility index (Phi) is 6.12. The molecule has 1 N–H and O–H groups in total. The van der Waals surface area contributed by atoms with Crippen LogP contribution >= 0.6 is 23.2 Å². The Morgan fingerprint density at radius 3 is 2.95 bits per heavy atom. The molecule has 1 aromatic carbocycles. The number of ether oxygens (including phenoxy) is 1. The average molecular weight is 317 g/mol. The molecule has 1 saturated heterocycles. The monoisotopic (exact) mass is 316 g/mol. The average Bonchev–Trinajstić information content (AvgIpc) is 2.42. The van der Waals surface area contributed by atoms with Crippen LogP contribution in [0.25, 0.3) is 0 Å². The highest BCUT2D eigenvalue weighted by molar-refractivity contribution is 6.33. The number of hydrogen-bond acceptors (Lipinski definition) is 3. The highest BCUT2D eigenvalue weighted by atomic mass is 35.5. The van der Waals surface area contributed by atoms with Crippen LogP contribution in [-0.2, 0) is 11.2 Å². The van der Waals surface area contributed by atoms with Gasteiger partial charge in [0.25, 0.3) is 0 Å². The maximum Gasteiger partial charge on any atom is 0.0858 e. The molecule has 3 nitrogen and oxygen atoms in total. The third kappa shape index (κ3) is 4.34. The zero-order chi connectivity index (χ0) is 14.5. The Hall–Kier alpha value is -0.320. The van der Waals surface area contributed by atoms with E-state index in [1.54, 1.807) is 0 Å². The first kappa shape index (κ1) is 16.1. The van der Waals surface area contributed by atoms with Gasteiger partial charge in [-0.25, -0.2) is 0 Å². The summed E-state index contributed by atoms with van der Waals surface area (Å²) in [5, 5.41) is 5.00. The van der Waals surface area contributed by atoms with Gasteiger partial charge in [-0.3, -0.25) is 0 Å². The SMILES string of the molecule is CCNC(Cc1cc(Cl)ccc1Cl)C1CN(C)CCO1. The predicted octanol–water partition coefficient (Wildman–Crippen LogP) is 2.84. The molecular formula is C15H22Cl2N2O. The smallest absolute Gasteiger partial charge is 0.0858 e. The largest absolute Gasteiger partial charge is 0.374 e. The lowest BCUT2D eigenvalue weighted by atomic mass is 10.00. The fourth-order valence-corrected chi connectivity index (χ4v) is 2.98. The molecule has 1 aromatic rings. The van der Waals surface area contributed by atoms with Crippen LogP contribution in [0.2, 0.25) is 10.0 Å². The fraction of sp³-hybridized carbons (Fsp3) is 0.600. The molecule has 0 spiro atoms. The summed E-state index contributed by atoms with van der Waals surface area (Å²) in [6, 6.07) is 5.87. The van der Waals surface area contributed by atoms with Crippen LogP contribution < -0.4 is 5.32 Å². The molecule has 2 atom stereocenters. The van der Waals surface area contributed by atoms with Gasteiger partial charge in [0.15, 0.2) is 0 Å². The minimum Gasteiger partial charge on any atom is -0.374 e. The summed E-state index contributed by atoms with van der Waals surface area (Å²) >= 11 is 12.3. The van der Waals surface area contributed by atoms with Crippen LogP contribution in [0, 0.1) is 0 Å². The molecule has 20 heavy (non-hydrogen) atoms. The van der Waals surface area contributed by atoms with Crippen LogP contribution in [0.3, 0.4) is 0 Å². The molecule has 0 amide bonds. The van der Waals surface area contributed by atoms with Gasteiger partial charge in [-0.1, -0.05) is 30.1 Å². The summed E-state index contributed by atoms with van der Waals surface area (Å²) in [7, 11) is 2.13. The van der Waals surface area contributed by atoms with E-state index in [0.717, 1.165) is 48.3 Å². The van der Waals surface area contributed by atoms with Crippen molar-refractivity contribution in [1.29, 1.82) is 0 Å². The third-order valence-corrected chi connectivity index (χ3v) is 4.26. The van der Waals surface area contributed by atoms with Crippen molar-refractivity contribution in [2.45, 2.75) is 25.5 Å². The molecular weight excluding hydrogens is 295 g/mol. The number of halogens is 2. The van der Waals surface area contributed by atoms with Crippen molar-refractivity contribution in [2.75, 3.05) is 33.3 Å². The van der Waals surface area contributed by atoms with E-state index in [4.69, 9.17) is 27.9 Å². The van der Waals surface area contributed by atoms with Gasteiger partial charge >= 0.3 is 0 Å². The van der Waals surface area contributed by atoms with Gasteiger partial charge in [0, 0.05) is 29.2 Å². The molecule has 1 aliphatic heterocycles. The van der Waals surface area contributed by atoms with E-state index < -0.39 is 0 Å². The number of morpholine rings is 1. The van der Waals surface area contributed by atoms with Crippen LogP contribution in [-0.4, -0.2) is 50.3 Å². The summed E-state index contributed by atoms with van der Waals surface area (Å²) in [4.78, 5) is 2.30. The molecule has 2 unspecified atom stereocenters. The second kappa shape index (κ2) is 7.62. The summed E-state index contributed by atoms with van der Waals surface area (Å²) in [6.07, 6.45) is 1.01. The molecule has 1 heterocycles. The van der Waals surface area contributed by atoms with Gasteiger partial charge < -0.3 is 15.0 Å². The van der Waals surface area contributed by atoms with E-state index in [1.807, 2.05) is 18.2 Å². The number of hydrogen-bond donors (Lipinski definition) is 1. The Balaban J connectivity index is 2.10. The Morgan fingerprint density at radius 1 is 1.45 bits per heavy atom. The van der Waals surface area contributed by atoms with Crippen molar-refractivity contribution >= 4 is 23.2 Å². The maximum atomic E-state index is 6.27. The number of likely N-dealkylation sites (N-methyl/N-ethyl adjacent to an activating group) is 2. The zero-order valence-electron chi connectivity index (χ0n) is 12.0. The lowest BCUT2D eigenvalue weighted by Gasteiger charge is -2.35. The van der Waals surface area contributed by atoms with Gasteiger partial charge in [-0.15, -0.1) is 0 Å². The van der Waals surface area contributed by atoms with Crippen molar-refractivity contribution in [2.24, 2.45) is 0 Å². The van der Waals surface area contributed by atoms with Crippen molar-refractivity contribution < 1.29 is 4.74 Å². The zero-order valence-corrected chi connectivity index (χ0v) is 13.5. The van der Waals surface area contributed by atoms with E-state index in [-0.39, 0.29) is 12.1 Å². The van der Waals surface area contributed by atoms with Crippen LogP contribution in [0.4, 0.5) is 0 Å². The Morgan fingerprint density at radius 2 is 2.25 bits per heavy atom. The first-order valence-electron chi connectivity index (χ1n) is 7.07. The van der Waals surface area contributed by atoms with Gasteiger partial charge in [0.2, 0.25) is 0 Å². The van der Waals surface area contributed by atoms with Gasteiger partial charge in [-0.05, 0) is 43.8 Å². The topological polar surface area (TPSA) is 24.5 Å². The van der Waals surface area contributed by atoms with E-state index in [9.17, 15) is 0 Å². The summed E-state index contributed by atoms with van der Waals surface area (Å²) < 4.78 is 5.93. The van der Waals surface area contributed by atoms with Gasteiger partial charge in [0.1, 0.15) is 0 Å². The quantitative estimate of drug-likeness (QED) is 0.904. The minimum absolute atomic E-state index is 0.184. The molecule has 5 heteroatoms. The van der Waals surface area contributed by atoms with E-state index in [0.29, 0.717) is 0 Å². The highest BCUT2D eigenvalue weighted by Gasteiger charge is 2.26. The van der Waals surface area contributed by atoms with E-state index in [1.165, 1.54) is 0 Å².